The van der Waals surface area contributed by atoms with E-state index >= 15 is 0 Å². The van der Waals surface area contributed by atoms with E-state index in [4.69, 9.17) is 11.6 Å². The first-order valence-electron chi connectivity index (χ1n) is 9.28. The minimum Gasteiger partial charge on any atom is -0.493 e. The lowest BCUT2D eigenvalue weighted by Crippen LogP contribution is -2.23. The Morgan fingerprint density at radius 3 is 2.47 bits per heavy atom. The Labute approximate surface area is 189 Å². The molecular weight excluding hydrogens is 463 g/mol. The number of alkyl halides is 3. The molecule has 0 spiro atoms. The lowest BCUT2D eigenvalue weighted by molar-refractivity contribution is -0.0328. The van der Waals surface area contributed by atoms with Gasteiger partial charge in [0.1, 0.15) is 0 Å². The molecule has 32 heavy (non-hydrogen) atoms. The standard InChI is InChI=1S/C22H15ClF3N3O2S/c23-18-4-2-1-3-17(18)19-11-14(9-10-27-19)12-28-13-20(30)29(21(28)31)15-5-7-16(8-6-15)32-22(24,25)26/h1-11,13,30H,12H2. The number of imidazole rings is 1. The van der Waals surface area contributed by atoms with Crippen molar-refractivity contribution in [1.82, 2.24) is 14.1 Å². The van der Waals surface area contributed by atoms with Crippen molar-refractivity contribution in [2.75, 3.05) is 0 Å². The van der Waals surface area contributed by atoms with Crippen LogP contribution in [0.1, 0.15) is 5.56 Å². The van der Waals surface area contributed by atoms with Gasteiger partial charge in [-0.15, -0.1) is 0 Å². The molecule has 2 aromatic heterocycles. The molecule has 0 bridgehead atoms. The van der Waals surface area contributed by atoms with Crippen molar-refractivity contribution in [2.24, 2.45) is 0 Å². The summed E-state index contributed by atoms with van der Waals surface area (Å²) in [6.07, 6.45) is 2.88. The maximum absolute atomic E-state index is 12.9. The number of nitrogens with zero attached hydrogens (tertiary/aromatic N) is 3. The fourth-order valence-electron chi connectivity index (χ4n) is 3.22. The SMILES string of the molecule is O=c1n(Cc2ccnc(-c3ccccc3Cl)c2)cc(O)n1-c1ccc(SC(F)(F)F)cc1. The van der Waals surface area contributed by atoms with Crippen LogP contribution in [0, 0.1) is 0 Å². The Hall–Kier alpha value is -3.17. The predicted octanol–water partition coefficient (Wildman–Crippen LogP) is 5.72. The van der Waals surface area contributed by atoms with E-state index in [1.807, 2.05) is 18.2 Å². The van der Waals surface area contributed by atoms with Crippen LogP contribution in [-0.2, 0) is 6.54 Å². The van der Waals surface area contributed by atoms with Gasteiger partial charge in [0.2, 0.25) is 5.88 Å². The highest BCUT2D eigenvalue weighted by Crippen LogP contribution is 2.37. The van der Waals surface area contributed by atoms with Gasteiger partial charge < -0.3 is 5.11 Å². The van der Waals surface area contributed by atoms with Crippen LogP contribution in [0.25, 0.3) is 16.9 Å². The summed E-state index contributed by atoms with van der Waals surface area (Å²) in [7, 11) is 0. The molecule has 164 valence electrons. The summed E-state index contributed by atoms with van der Waals surface area (Å²) >= 11 is 5.99. The lowest BCUT2D eigenvalue weighted by Gasteiger charge is -2.08. The van der Waals surface area contributed by atoms with Crippen LogP contribution in [0.2, 0.25) is 5.02 Å². The molecule has 4 rings (SSSR count). The second-order valence-electron chi connectivity index (χ2n) is 6.80. The lowest BCUT2D eigenvalue weighted by atomic mass is 10.1. The van der Waals surface area contributed by atoms with E-state index in [-0.39, 0.29) is 34.8 Å². The van der Waals surface area contributed by atoms with Crippen molar-refractivity contribution in [3.63, 3.8) is 0 Å². The van der Waals surface area contributed by atoms with Crippen molar-refractivity contribution in [2.45, 2.75) is 16.9 Å². The molecule has 2 heterocycles. The maximum Gasteiger partial charge on any atom is 0.446 e. The molecule has 0 unspecified atom stereocenters. The van der Waals surface area contributed by atoms with Crippen LogP contribution in [0.15, 0.2) is 82.7 Å². The number of halogens is 4. The van der Waals surface area contributed by atoms with Gasteiger partial charge in [0, 0.05) is 21.7 Å². The van der Waals surface area contributed by atoms with E-state index in [2.05, 4.69) is 4.98 Å². The molecule has 0 fully saturated rings. The second kappa shape index (κ2) is 8.76. The van der Waals surface area contributed by atoms with Crippen LogP contribution in [0.4, 0.5) is 13.2 Å². The third kappa shape index (κ3) is 4.84. The normalized spacial score (nSPS) is 11.6. The van der Waals surface area contributed by atoms with Gasteiger partial charge in [-0.05, 0) is 59.8 Å². The Balaban J connectivity index is 1.61. The van der Waals surface area contributed by atoms with E-state index in [9.17, 15) is 23.1 Å². The molecule has 0 aliphatic rings. The highest BCUT2D eigenvalue weighted by Gasteiger charge is 2.29. The number of thioether (sulfide) groups is 1. The Morgan fingerprint density at radius 1 is 1.06 bits per heavy atom. The molecule has 5 nitrogen and oxygen atoms in total. The smallest absolute Gasteiger partial charge is 0.446 e. The zero-order valence-electron chi connectivity index (χ0n) is 16.3. The van der Waals surface area contributed by atoms with Crippen LogP contribution >= 0.6 is 23.4 Å². The van der Waals surface area contributed by atoms with Crippen LogP contribution in [-0.4, -0.2) is 24.7 Å². The molecule has 0 aliphatic carbocycles. The molecule has 0 saturated carbocycles. The first kappa shape index (κ1) is 22.0. The Kier molecular flexibility index (Phi) is 6.03. The third-order valence-electron chi connectivity index (χ3n) is 4.59. The highest BCUT2D eigenvalue weighted by molar-refractivity contribution is 8.00. The monoisotopic (exact) mass is 477 g/mol. The Morgan fingerprint density at radius 2 is 1.78 bits per heavy atom. The van der Waals surface area contributed by atoms with Crippen LogP contribution in [0.5, 0.6) is 5.88 Å². The van der Waals surface area contributed by atoms with Crippen LogP contribution in [0.3, 0.4) is 0 Å². The minimum absolute atomic E-state index is 0.0166. The minimum atomic E-state index is -4.41. The first-order valence-corrected chi connectivity index (χ1v) is 10.5. The van der Waals surface area contributed by atoms with E-state index in [0.29, 0.717) is 10.7 Å². The molecule has 4 aromatic rings. The topological polar surface area (TPSA) is 60.1 Å². The molecule has 10 heteroatoms. The summed E-state index contributed by atoms with van der Waals surface area (Å²) in [5.41, 5.74) is -2.54. The molecule has 0 aliphatic heterocycles. The number of aromatic hydroxyl groups is 1. The average molecular weight is 478 g/mol. The quantitative estimate of drug-likeness (QED) is 0.373. The molecular formula is C22H15ClF3N3O2S. The van der Waals surface area contributed by atoms with E-state index in [1.165, 1.54) is 35.0 Å². The molecule has 0 radical (unpaired) electrons. The van der Waals surface area contributed by atoms with Gasteiger partial charge in [0.15, 0.2) is 0 Å². The zero-order chi connectivity index (χ0) is 22.9. The average Bonchev–Trinajstić information content (AvgIpc) is 3.01. The van der Waals surface area contributed by atoms with Gasteiger partial charge in [0.25, 0.3) is 0 Å². The summed E-state index contributed by atoms with van der Waals surface area (Å²) in [4.78, 5) is 17.2. The zero-order valence-corrected chi connectivity index (χ0v) is 17.8. The molecule has 0 saturated heterocycles. The first-order chi connectivity index (χ1) is 15.2. The van der Waals surface area contributed by atoms with Gasteiger partial charge in [0.05, 0.1) is 24.1 Å². The summed E-state index contributed by atoms with van der Waals surface area (Å²) in [5, 5.41) is 10.8. The van der Waals surface area contributed by atoms with Gasteiger partial charge >= 0.3 is 11.2 Å². The van der Waals surface area contributed by atoms with Gasteiger partial charge in [-0.3, -0.25) is 9.55 Å². The van der Waals surface area contributed by atoms with Gasteiger partial charge in [-0.25, -0.2) is 9.36 Å². The highest BCUT2D eigenvalue weighted by atomic mass is 35.5. The van der Waals surface area contributed by atoms with Crippen molar-refractivity contribution < 1.29 is 18.3 Å². The fraction of sp³-hybridized carbons (Fsp3) is 0.0909. The Bertz CT molecular complexity index is 1320. The number of benzene rings is 2. The fourth-order valence-corrected chi connectivity index (χ4v) is 3.99. The summed E-state index contributed by atoms with van der Waals surface area (Å²) in [5.74, 6) is -0.327. The van der Waals surface area contributed by atoms with Gasteiger partial charge in [-0.2, -0.15) is 13.2 Å². The number of rotatable bonds is 5. The van der Waals surface area contributed by atoms with E-state index in [0.717, 1.165) is 15.7 Å². The molecule has 2 aromatic carbocycles. The second-order valence-corrected chi connectivity index (χ2v) is 8.35. The third-order valence-corrected chi connectivity index (χ3v) is 5.66. The van der Waals surface area contributed by atoms with Crippen molar-refractivity contribution >= 4 is 23.4 Å². The van der Waals surface area contributed by atoms with E-state index in [1.54, 1.807) is 24.4 Å². The van der Waals surface area contributed by atoms with E-state index < -0.39 is 11.2 Å². The number of pyridine rings is 1. The van der Waals surface area contributed by atoms with Crippen molar-refractivity contribution in [3.05, 3.63) is 94.1 Å². The molecule has 0 atom stereocenters. The van der Waals surface area contributed by atoms with Crippen molar-refractivity contribution in [1.29, 1.82) is 0 Å². The summed E-state index contributed by atoms with van der Waals surface area (Å²) < 4.78 is 39.9. The molecule has 0 amide bonds. The molecule has 1 N–H and O–H groups in total. The van der Waals surface area contributed by atoms with Gasteiger partial charge in [-0.1, -0.05) is 29.8 Å². The number of hydrogen-bond acceptors (Lipinski definition) is 4. The largest absolute Gasteiger partial charge is 0.493 e. The predicted molar refractivity (Wildman–Crippen MR) is 117 cm³/mol. The maximum atomic E-state index is 12.9. The summed E-state index contributed by atoms with van der Waals surface area (Å²) in [6, 6.07) is 16.0. The van der Waals surface area contributed by atoms with Crippen molar-refractivity contribution in [3.8, 4) is 22.8 Å². The number of hydrogen-bond donors (Lipinski definition) is 1. The van der Waals surface area contributed by atoms with Crippen LogP contribution < -0.4 is 5.69 Å². The summed E-state index contributed by atoms with van der Waals surface area (Å²) in [6.45, 7) is 0.154. The number of aromatic nitrogens is 3.